The van der Waals surface area contributed by atoms with Gasteiger partial charge in [-0.05, 0) is 17.7 Å². The monoisotopic (exact) mass is 373 g/mol. The van der Waals surface area contributed by atoms with Crippen molar-refractivity contribution in [2.75, 3.05) is 10.7 Å². The molecule has 3 aromatic rings. The fourth-order valence-corrected chi connectivity index (χ4v) is 4.77. The number of ketones is 1. The van der Waals surface area contributed by atoms with Crippen LogP contribution in [0.2, 0.25) is 0 Å². The molecule has 1 saturated heterocycles. The van der Waals surface area contributed by atoms with Gasteiger partial charge in [-0.15, -0.1) is 0 Å². The Morgan fingerprint density at radius 2 is 1.41 bits per heavy atom. The highest BCUT2D eigenvalue weighted by Gasteiger charge is 2.49. The third-order valence-electron chi connectivity index (χ3n) is 4.92. The lowest BCUT2D eigenvalue weighted by molar-refractivity contribution is 0.0956. The molecule has 1 atom stereocenters. The fraction of sp³-hybridized carbons (Fsp3) is 0.130. The normalized spacial score (nSPS) is 19.3. The van der Waals surface area contributed by atoms with E-state index in [9.17, 15) is 9.59 Å². The summed E-state index contributed by atoms with van der Waals surface area (Å²) >= 11 is 1.27. The average molecular weight is 373 g/mol. The molecular formula is C23H19NO2S. The van der Waals surface area contributed by atoms with Gasteiger partial charge in [0.15, 0.2) is 5.78 Å². The van der Waals surface area contributed by atoms with E-state index in [1.165, 1.54) is 11.8 Å². The number of hydrogen-bond acceptors (Lipinski definition) is 3. The number of anilines is 1. The predicted molar refractivity (Wildman–Crippen MR) is 110 cm³/mol. The minimum Gasteiger partial charge on any atom is -0.294 e. The molecule has 1 unspecified atom stereocenters. The summed E-state index contributed by atoms with van der Waals surface area (Å²) in [7, 11) is 0. The van der Waals surface area contributed by atoms with Crippen LogP contribution in [0.4, 0.5) is 10.5 Å². The zero-order valence-electron chi connectivity index (χ0n) is 14.7. The van der Waals surface area contributed by atoms with Gasteiger partial charge in [-0.1, -0.05) is 90.6 Å². The number of rotatable bonds is 5. The second-order valence-electron chi connectivity index (χ2n) is 6.59. The Balaban J connectivity index is 1.82. The van der Waals surface area contributed by atoms with E-state index < -0.39 is 5.54 Å². The molecule has 4 rings (SSSR count). The fourth-order valence-electron chi connectivity index (χ4n) is 3.60. The molecular weight excluding hydrogens is 354 g/mol. The van der Waals surface area contributed by atoms with Crippen molar-refractivity contribution >= 4 is 28.5 Å². The minimum absolute atomic E-state index is 0.0223. The van der Waals surface area contributed by atoms with E-state index in [1.54, 1.807) is 4.90 Å². The number of benzene rings is 3. The van der Waals surface area contributed by atoms with Crippen LogP contribution in [-0.4, -0.2) is 16.8 Å². The Hall–Kier alpha value is -2.85. The van der Waals surface area contributed by atoms with Gasteiger partial charge in [0.05, 0.1) is 5.54 Å². The summed E-state index contributed by atoms with van der Waals surface area (Å²) in [6.45, 7) is 0. The summed E-state index contributed by atoms with van der Waals surface area (Å²) in [5, 5.41) is -0.0223. The van der Waals surface area contributed by atoms with E-state index in [4.69, 9.17) is 0 Å². The Bertz CT molecular complexity index is 944. The Morgan fingerprint density at radius 1 is 0.852 bits per heavy atom. The maximum atomic E-state index is 13.1. The van der Waals surface area contributed by atoms with Crippen LogP contribution in [0.1, 0.15) is 22.3 Å². The molecule has 3 nitrogen and oxygen atoms in total. The smallest absolute Gasteiger partial charge is 0.286 e. The molecule has 1 aliphatic heterocycles. The van der Waals surface area contributed by atoms with Crippen molar-refractivity contribution in [3.63, 3.8) is 0 Å². The van der Waals surface area contributed by atoms with Crippen LogP contribution in [0, 0.1) is 0 Å². The largest absolute Gasteiger partial charge is 0.294 e. The molecule has 1 amide bonds. The first-order valence-electron chi connectivity index (χ1n) is 8.86. The van der Waals surface area contributed by atoms with Crippen molar-refractivity contribution in [3.8, 4) is 0 Å². The van der Waals surface area contributed by atoms with E-state index in [2.05, 4.69) is 0 Å². The van der Waals surface area contributed by atoms with Crippen LogP contribution >= 0.6 is 11.8 Å². The summed E-state index contributed by atoms with van der Waals surface area (Å²) in [5.74, 6) is 0.583. The van der Waals surface area contributed by atoms with Crippen LogP contribution in [0.5, 0.6) is 0 Å². The number of Topliss-reactive ketones (excluding diaryl/α,β-unsaturated/α-hetero) is 1. The van der Waals surface area contributed by atoms with E-state index in [1.807, 2.05) is 91.0 Å². The lowest BCUT2D eigenvalue weighted by Crippen LogP contribution is -2.46. The number of thioether (sulfide) groups is 1. The van der Waals surface area contributed by atoms with Gasteiger partial charge in [-0.2, -0.15) is 0 Å². The molecule has 0 N–H and O–H groups in total. The van der Waals surface area contributed by atoms with E-state index in [0.29, 0.717) is 11.3 Å². The van der Waals surface area contributed by atoms with Crippen molar-refractivity contribution in [1.29, 1.82) is 0 Å². The number of carbonyl (C=O) groups excluding carboxylic acids is 2. The molecule has 0 aromatic heterocycles. The number of hydrogen-bond donors (Lipinski definition) is 0. The number of para-hydroxylation sites is 1. The Morgan fingerprint density at radius 3 is 2.04 bits per heavy atom. The molecule has 0 spiro atoms. The standard InChI is InChI=1S/C23H19NO2S/c25-21(18-10-4-1-5-11-18)16-23(19-12-6-2-7-13-19)17-27-22(26)24(23)20-14-8-3-9-15-20/h1-15H,16-17H2. The summed E-state index contributed by atoms with van der Waals surface area (Å²) in [5.41, 5.74) is 1.77. The van der Waals surface area contributed by atoms with E-state index in [-0.39, 0.29) is 17.4 Å². The molecule has 0 radical (unpaired) electrons. The van der Waals surface area contributed by atoms with Gasteiger partial charge in [0.1, 0.15) is 0 Å². The van der Waals surface area contributed by atoms with Crippen LogP contribution < -0.4 is 4.90 Å². The first kappa shape index (κ1) is 17.6. The maximum Gasteiger partial charge on any atom is 0.286 e. The van der Waals surface area contributed by atoms with Gasteiger partial charge in [0.25, 0.3) is 5.24 Å². The van der Waals surface area contributed by atoms with E-state index >= 15 is 0 Å². The molecule has 1 heterocycles. The summed E-state index contributed by atoms with van der Waals surface area (Å²) in [6, 6.07) is 28.8. The van der Waals surface area contributed by atoms with Crippen LogP contribution in [-0.2, 0) is 5.54 Å². The van der Waals surface area contributed by atoms with Gasteiger partial charge < -0.3 is 0 Å². The molecule has 134 valence electrons. The molecule has 0 bridgehead atoms. The highest BCUT2D eigenvalue weighted by atomic mass is 32.2. The van der Waals surface area contributed by atoms with Crippen molar-refractivity contribution in [1.82, 2.24) is 0 Å². The van der Waals surface area contributed by atoms with Crippen molar-refractivity contribution in [3.05, 3.63) is 102 Å². The summed E-state index contributed by atoms with van der Waals surface area (Å²) < 4.78 is 0. The van der Waals surface area contributed by atoms with E-state index in [0.717, 1.165) is 11.3 Å². The second kappa shape index (κ2) is 7.41. The van der Waals surface area contributed by atoms with Crippen LogP contribution in [0.15, 0.2) is 91.0 Å². The Kier molecular flexibility index (Phi) is 4.82. The van der Waals surface area contributed by atoms with Crippen molar-refractivity contribution in [2.24, 2.45) is 0 Å². The van der Waals surface area contributed by atoms with Gasteiger partial charge >= 0.3 is 0 Å². The molecule has 1 fully saturated rings. The second-order valence-corrected chi connectivity index (χ2v) is 7.52. The minimum atomic E-state index is -0.697. The molecule has 3 aromatic carbocycles. The SMILES string of the molecule is O=C(CC1(c2ccccc2)CSC(=O)N1c1ccccc1)c1ccccc1. The lowest BCUT2D eigenvalue weighted by Gasteiger charge is -2.38. The number of nitrogens with zero attached hydrogens (tertiary/aromatic N) is 1. The number of carbonyl (C=O) groups is 2. The Labute approximate surface area is 163 Å². The first-order chi connectivity index (χ1) is 13.2. The van der Waals surface area contributed by atoms with Gasteiger partial charge in [0, 0.05) is 23.4 Å². The highest BCUT2D eigenvalue weighted by molar-refractivity contribution is 8.14. The van der Waals surface area contributed by atoms with Crippen LogP contribution in [0.25, 0.3) is 0 Å². The van der Waals surface area contributed by atoms with Gasteiger partial charge in [-0.25, -0.2) is 0 Å². The summed E-state index contributed by atoms with van der Waals surface area (Å²) in [4.78, 5) is 27.8. The molecule has 4 heteroatoms. The molecule has 0 aliphatic carbocycles. The third kappa shape index (κ3) is 3.28. The highest BCUT2D eigenvalue weighted by Crippen LogP contribution is 2.46. The third-order valence-corrected chi connectivity index (χ3v) is 5.97. The van der Waals surface area contributed by atoms with Crippen LogP contribution in [0.3, 0.4) is 0 Å². The van der Waals surface area contributed by atoms with Crippen molar-refractivity contribution < 1.29 is 9.59 Å². The zero-order valence-corrected chi connectivity index (χ0v) is 15.6. The zero-order chi connectivity index (χ0) is 18.7. The van der Waals surface area contributed by atoms with Gasteiger partial charge in [-0.3, -0.25) is 14.5 Å². The maximum absolute atomic E-state index is 13.1. The lowest BCUT2D eigenvalue weighted by atomic mass is 9.83. The molecule has 27 heavy (non-hydrogen) atoms. The molecule has 1 aliphatic rings. The predicted octanol–water partition coefficient (Wildman–Crippen LogP) is 5.53. The quantitative estimate of drug-likeness (QED) is 0.552. The average Bonchev–Trinajstić information content (AvgIpc) is 3.07. The molecule has 0 saturated carbocycles. The first-order valence-corrected chi connectivity index (χ1v) is 9.85. The topological polar surface area (TPSA) is 37.4 Å². The number of amides is 1. The van der Waals surface area contributed by atoms with Gasteiger partial charge in [0.2, 0.25) is 0 Å². The van der Waals surface area contributed by atoms with Crippen molar-refractivity contribution in [2.45, 2.75) is 12.0 Å². The summed E-state index contributed by atoms with van der Waals surface area (Å²) in [6.07, 6.45) is 0.245.